The molecule has 8 heterocycles. The SMILES string of the molecule is Cc1ccc2c(oc3c(-c4ccccc4)ccc(C#N)c32)c1-c1cc(CC2CCCC2)cc(C)[n+]1C.Cc1ccc2c(oc3c(-c4ccccc4)ccc(C#N)c32)c1-c1cc(CC2CCCCC2)cc(C)[n+]1C.Cc1ccc2c(oc3c(-c4ccccc4)ccc(C#N)c32)c1-c1ccc(C2CCCCC2)c(C)[n+]1C.Cc1ccc2c(oc3c(-c4ccccc4)ccc(C#N)c32)c1-c1ccc(CC2CCCC2)c(C)[n+]1C. The van der Waals surface area contributed by atoms with Crippen molar-refractivity contribution in [1.82, 2.24) is 0 Å². The molecule has 4 saturated carbocycles. The molecule has 4 aliphatic rings. The minimum atomic E-state index is 0.644. The molecule has 20 aromatic rings. The van der Waals surface area contributed by atoms with Crippen LogP contribution in [0, 0.1) is 118 Å². The van der Waals surface area contributed by atoms with Gasteiger partial charge in [0.05, 0.1) is 68.8 Å². The Kier molecular flexibility index (Phi) is 27.0. The fourth-order valence-corrected chi connectivity index (χ4v) is 24.6. The second kappa shape index (κ2) is 41.0. The standard InChI is InChI=1S/C34H33N2O.3C33H31N2O/c1-22-14-16-29-32-27(21-35)15-17-28(26-12-8-5-9-13-26)33(32)37-34(29)31(22)30-20-25(18-23(2)36(30)3)19-24-10-6-4-7-11-24;1-21-14-16-28-31-25(20-34)15-17-27(24-12-8-5-9-13-24)32(31)36-33(28)30(21)29-19-18-26(22(2)35(29)3)23-10-6-4-7-11-23;1-21-13-16-28-31-26(20-34)14-17-27(24-11-5-4-6-12-24)32(31)36-33(28)30(21)29-18-15-25(22(2)35(29)3)19-23-9-7-8-10-23;1-21-13-15-28-31-26(20-34)14-16-27(25-11-5-4-6-12-25)32(31)36-33(28)30(21)29-19-24(17-22(2)35(29)3)18-23-9-7-8-10-23/h5,8-9,12-18,20,24H,4,6-7,10-11,19H2,1-3H3;5,8-9,12-19,23H,4,6-7,10-11H2,1-3H3;4-6,11-18,23H,7-10,19H2,1-3H3;4-6,11-17,19,23H,7-10,18H2,1-3H3/q4*+1. The second-order valence-corrected chi connectivity index (χ2v) is 41.7. The van der Waals surface area contributed by atoms with Gasteiger partial charge in [0, 0.05) is 141 Å². The van der Waals surface area contributed by atoms with Gasteiger partial charge in [-0.3, -0.25) is 0 Å². The van der Waals surface area contributed by atoms with Crippen molar-refractivity contribution in [2.24, 2.45) is 45.9 Å². The molecular formula is C133H126N8O4+4. The van der Waals surface area contributed by atoms with Crippen molar-refractivity contribution in [3.63, 3.8) is 0 Å². The molecule has 24 rings (SSSR count). The predicted octanol–water partition coefficient (Wildman–Crippen LogP) is 32.6. The number of hydrogen-bond donors (Lipinski definition) is 0. The number of furan rings is 4. The van der Waals surface area contributed by atoms with Crippen LogP contribution < -0.4 is 18.3 Å². The molecule has 0 amide bonds. The molecule has 12 aromatic carbocycles. The third-order valence-electron chi connectivity index (χ3n) is 32.8. The van der Waals surface area contributed by atoms with Gasteiger partial charge >= 0.3 is 0 Å². The maximum Gasteiger partial charge on any atom is 0.216 e. The Labute approximate surface area is 851 Å². The van der Waals surface area contributed by atoms with Gasteiger partial charge < -0.3 is 17.7 Å². The van der Waals surface area contributed by atoms with Crippen LogP contribution in [0.4, 0.5) is 0 Å². The van der Waals surface area contributed by atoms with Gasteiger partial charge in [0.1, 0.15) is 72.9 Å². The normalized spacial score (nSPS) is 14.2. The minimum absolute atomic E-state index is 0.644. The largest absolute Gasteiger partial charge is 0.454 e. The monoisotopic (exact) mass is 1900 g/mol. The van der Waals surface area contributed by atoms with Crippen molar-refractivity contribution in [3.8, 4) is 114 Å². The molecule has 0 radical (unpaired) electrons. The summed E-state index contributed by atoms with van der Waals surface area (Å²) in [6.07, 6.45) is 27.7. The van der Waals surface area contributed by atoms with E-state index >= 15 is 0 Å². The Morgan fingerprint density at radius 1 is 0.262 bits per heavy atom. The van der Waals surface area contributed by atoms with Crippen LogP contribution >= 0.6 is 0 Å². The summed E-state index contributed by atoms with van der Waals surface area (Å²) in [4.78, 5) is 0. The molecule has 4 aliphatic carbocycles. The number of benzene rings is 12. The summed E-state index contributed by atoms with van der Waals surface area (Å²) in [6, 6.07) is 102. The number of fused-ring (bicyclic) bond motifs is 12. The van der Waals surface area contributed by atoms with Gasteiger partial charge in [0.25, 0.3) is 0 Å². The summed E-state index contributed by atoms with van der Waals surface area (Å²) >= 11 is 0. The first-order valence-corrected chi connectivity index (χ1v) is 52.5. The molecule has 0 atom stereocenters. The molecule has 0 N–H and O–H groups in total. The molecule has 12 heteroatoms. The highest BCUT2D eigenvalue weighted by molar-refractivity contribution is 6.19. The van der Waals surface area contributed by atoms with E-state index in [0.29, 0.717) is 28.2 Å². The number of nitriles is 4. The number of rotatable bonds is 15. The van der Waals surface area contributed by atoms with Gasteiger partial charge in [0.15, 0.2) is 22.8 Å². The zero-order valence-corrected chi connectivity index (χ0v) is 85.8. The lowest BCUT2D eigenvalue weighted by Gasteiger charge is -2.22. The van der Waals surface area contributed by atoms with Crippen molar-refractivity contribution >= 4 is 87.8 Å². The maximum atomic E-state index is 9.99. The van der Waals surface area contributed by atoms with Gasteiger partial charge in [-0.05, 0) is 200 Å². The lowest BCUT2D eigenvalue weighted by molar-refractivity contribution is -0.667. The van der Waals surface area contributed by atoms with Gasteiger partial charge in [0.2, 0.25) is 22.8 Å². The molecule has 0 spiro atoms. The zero-order chi connectivity index (χ0) is 100.0. The van der Waals surface area contributed by atoms with Crippen LogP contribution in [0.3, 0.4) is 0 Å². The number of pyridine rings is 4. The smallest absolute Gasteiger partial charge is 0.216 e. The van der Waals surface area contributed by atoms with Crippen molar-refractivity contribution in [2.45, 2.75) is 196 Å². The molecule has 0 unspecified atom stereocenters. The van der Waals surface area contributed by atoms with Gasteiger partial charge in [-0.1, -0.05) is 273 Å². The summed E-state index contributed by atoms with van der Waals surface area (Å²) in [5.74, 6) is 3.05. The van der Waals surface area contributed by atoms with E-state index < -0.39 is 0 Å². The Bertz CT molecular complexity index is 8620. The van der Waals surface area contributed by atoms with E-state index in [1.165, 1.54) is 201 Å². The van der Waals surface area contributed by atoms with Crippen LogP contribution in [0.25, 0.3) is 177 Å². The van der Waals surface area contributed by atoms with Crippen molar-refractivity contribution in [1.29, 1.82) is 21.0 Å². The van der Waals surface area contributed by atoms with Crippen LogP contribution in [-0.2, 0) is 47.5 Å². The van der Waals surface area contributed by atoms with Crippen molar-refractivity contribution in [3.05, 3.63) is 356 Å². The Morgan fingerprint density at radius 3 is 0.862 bits per heavy atom. The van der Waals surface area contributed by atoms with Crippen LogP contribution in [0.1, 0.15) is 211 Å². The summed E-state index contributed by atoms with van der Waals surface area (Å²) < 4.78 is 36.2. The summed E-state index contributed by atoms with van der Waals surface area (Å²) in [5.41, 5.74) is 42.2. The molecule has 718 valence electrons. The van der Waals surface area contributed by atoms with E-state index in [1.807, 2.05) is 121 Å². The highest BCUT2D eigenvalue weighted by atomic mass is 16.3. The number of hydrogen-bond acceptors (Lipinski definition) is 8. The first kappa shape index (κ1) is 95.6. The third-order valence-corrected chi connectivity index (χ3v) is 32.8. The fraction of sp³-hybridized carbons (Fsp3) is 0.278. The van der Waals surface area contributed by atoms with Gasteiger partial charge in [-0.25, -0.2) is 0 Å². The van der Waals surface area contributed by atoms with E-state index in [4.69, 9.17) is 17.7 Å². The quantitative estimate of drug-likeness (QED) is 0.0916. The molecule has 8 aromatic heterocycles. The topological polar surface area (TPSA) is 163 Å². The number of aromatic nitrogens is 4. The maximum absolute atomic E-state index is 9.99. The molecule has 0 aliphatic heterocycles. The van der Waals surface area contributed by atoms with E-state index in [2.05, 4.69) is 272 Å². The first-order chi connectivity index (χ1) is 70.7. The Morgan fingerprint density at radius 2 is 0.545 bits per heavy atom. The highest BCUT2D eigenvalue weighted by Gasteiger charge is 2.35. The average molecular weight is 1900 g/mol. The van der Waals surface area contributed by atoms with E-state index in [9.17, 15) is 21.0 Å². The lowest BCUT2D eigenvalue weighted by Crippen LogP contribution is -2.36. The summed E-state index contributed by atoms with van der Waals surface area (Å²) in [5, 5.41) is 47.4. The van der Waals surface area contributed by atoms with Crippen molar-refractivity contribution in [2.75, 3.05) is 0 Å². The molecule has 12 nitrogen and oxygen atoms in total. The van der Waals surface area contributed by atoms with E-state index in [0.717, 1.165) is 196 Å². The molecule has 0 bridgehead atoms. The molecular weight excluding hydrogens is 1770 g/mol. The van der Waals surface area contributed by atoms with Crippen LogP contribution in [-0.4, -0.2) is 0 Å². The summed E-state index contributed by atoms with van der Waals surface area (Å²) in [7, 11) is 8.63. The van der Waals surface area contributed by atoms with Gasteiger partial charge in [-0.2, -0.15) is 39.3 Å². The summed E-state index contributed by atoms with van der Waals surface area (Å²) in [6.45, 7) is 17.5. The third kappa shape index (κ3) is 18.1. The van der Waals surface area contributed by atoms with E-state index in [-0.39, 0.29) is 0 Å². The van der Waals surface area contributed by atoms with Crippen LogP contribution in [0.15, 0.2) is 285 Å². The van der Waals surface area contributed by atoms with Crippen LogP contribution in [0.5, 0.6) is 0 Å². The zero-order valence-electron chi connectivity index (χ0n) is 85.8. The average Bonchev–Trinajstić information content (AvgIpc) is 1.60. The molecule has 0 saturated heterocycles. The second-order valence-electron chi connectivity index (χ2n) is 41.7. The Hall–Kier alpha value is -15.6. The lowest BCUT2D eigenvalue weighted by atomic mass is 9.83. The Balaban J connectivity index is 0.000000114. The predicted molar refractivity (Wildman–Crippen MR) is 587 cm³/mol. The van der Waals surface area contributed by atoms with Gasteiger partial charge in [-0.15, -0.1) is 0 Å². The highest BCUT2D eigenvalue weighted by Crippen LogP contribution is 2.50. The van der Waals surface area contributed by atoms with Crippen LogP contribution in [0.2, 0.25) is 0 Å². The number of aryl methyl sites for hydroxylation is 6. The minimum Gasteiger partial charge on any atom is -0.454 e. The van der Waals surface area contributed by atoms with Crippen molar-refractivity contribution < 1.29 is 35.9 Å². The molecule has 4 fully saturated rings. The number of nitrogens with zero attached hydrogens (tertiary/aromatic N) is 8. The molecule has 145 heavy (non-hydrogen) atoms. The van der Waals surface area contributed by atoms with E-state index in [1.54, 1.807) is 0 Å². The first-order valence-electron chi connectivity index (χ1n) is 52.5. The fourth-order valence-electron chi connectivity index (χ4n) is 24.6.